The fourth-order valence-electron chi connectivity index (χ4n) is 2.34. The van der Waals surface area contributed by atoms with Gasteiger partial charge in [-0.3, -0.25) is 4.79 Å². The van der Waals surface area contributed by atoms with Crippen molar-refractivity contribution in [2.75, 3.05) is 11.9 Å². The minimum Gasteiger partial charge on any atom is -0.492 e. The zero-order valence-electron chi connectivity index (χ0n) is 10.7. The summed E-state index contributed by atoms with van der Waals surface area (Å²) < 4.78 is 5.48. The van der Waals surface area contributed by atoms with Crippen molar-refractivity contribution in [1.82, 2.24) is 0 Å². The van der Waals surface area contributed by atoms with E-state index < -0.39 is 0 Å². The summed E-state index contributed by atoms with van der Waals surface area (Å²) in [6, 6.07) is 7.67. The predicted molar refractivity (Wildman–Crippen MR) is 71.6 cm³/mol. The summed E-state index contributed by atoms with van der Waals surface area (Å²) in [4.78, 5) is 12.1. The van der Waals surface area contributed by atoms with Crippen LogP contribution in [0.1, 0.15) is 26.2 Å². The van der Waals surface area contributed by atoms with Crippen LogP contribution in [0.3, 0.4) is 0 Å². The van der Waals surface area contributed by atoms with Crippen molar-refractivity contribution < 1.29 is 9.53 Å². The number of carbonyl (C=O) groups is 1. The molecule has 0 saturated heterocycles. The Morgan fingerprint density at radius 2 is 2.22 bits per heavy atom. The second kappa shape index (κ2) is 5.87. The van der Waals surface area contributed by atoms with Gasteiger partial charge in [-0.15, -0.1) is 0 Å². The van der Waals surface area contributed by atoms with Crippen LogP contribution in [0, 0.1) is 5.92 Å². The molecule has 18 heavy (non-hydrogen) atoms. The smallest absolute Gasteiger partial charge is 0.227 e. The highest BCUT2D eigenvalue weighted by Crippen LogP contribution is 2.28. The minimum atomic E-state index is 0.0367. The molecule has 3 N–H and O–H groups in total. The van der Waals surface area contributed by atoms with E-state index in [1.54, 1.807) is 0 Å². The number of amides is 1. The van der Waals surface area contributed by atoms with Crippen molar-refractivity contribution in [3.05, 3.63) is 24.3 Å². The van der Waals surface area contributed by atoms with Crippen LogP contribution >= 0.6 is 0 Å². The van der Waals surface area contributed by atoms with Crippen molar-refractivity contribution in [1.29, 1.82) is 0 Å². The number of rotatable bonds is 4. The van der Waals surface area contributed by atoms with Gasteiger partial charge in [0.1, 0.15) is 5.75 Å². The number of hydrogen-bond donors (Lipinski definition) is 2. The zero-order valence-corrected chi connectivity index (χ0v) is 10.7. The molecular weight excluding hydrogens is 228 g/mol. The predicted octanol–water partition coefficient (Wildman–Crippen LogP) is 2.15. The van der Waals surface area contributed by atoms with Crippen LogP contribution in [0.25, 0.3) is 0 Å². The fraction of sp³-hybridized carbons (Fsp3) is 0.500. The van der Waals surface area contributed by atoms with E-state index in [4.69, 9.17) is 10.5 Å². The molecule has 4 nitrogen and oxygen atoms in total. The molecule has 2 atom stereocenters. The fourth-order valence-corrected chi connectivity index (χ4v) is 2.34. The molecule has 0 aliphatic heterocycles. The van der Waals surface area contributed by atoms with Gasteiger partial charge in [0.25, 0.3) is 0 Å². The Hall–Kier alpha value is -1.55. The third kappa shape index (κ3) is 3.01. The normalized spacial score (nSPS) is 22.8. The first-order chi connectivity index (χ1) is 8.70. The molecular formula is C14H20N2O2. The Kier molecular flexibility index (Phi) is 4.20. The summed E-state index contributed by atoms with van der Waals surface area (Å²) in [5.74, 6) is 0.806. The molecule has 1 saturated carbocycles. The number of ether oxygens (including phenoxy) is 1. The first kappa shape index (κ1) is 12.9. The molecule has 1 aliphatic carbocycles. The highest BCUT2D eigenvalue weighted by atomic mass is 16.5. The Bertz CT molecular complexity index is 420. The highest BCUT2D eigenvalue weighted by molar-refractivity contribution is 5.94. The van der Waals surface area contributed by atoms with Gasteiger partial charge in [0.2, 0.25) is 5.91 Å². The molecule has 0 spiro atoms. The van der Waals surface area contributed by atoms with Crippen LogP contribution in [0.2, 0.25) is 0 Å². The summed E-state index contributed by atoms with van der Waals surface area (Å²) in [6.07, 6.45) is 2.59. The quantitative estimate of drug-likeness (QED) is 0.858. The maximum absolute atomic E-state index is 12.1. The van der Waals surface area contributed by atoms with Crippen LogP contribution in [-0.4, -0.2) is 18.6 Å². The Morgan fingerprint density at radius 3 is 2.89 bits per heavy atom. The highest BCUT2D eigenvalue weighted by Gasteiger charge is 2.28. The zero-order chi connectivity index (χ0) is 13.0. The lowest BCUT2D eigenvalue weighted by Crippen LogP contribution is -2.23. The van der Waals surface area contributed by atoms with Gasteiger partial charge >= 0.3 is 0 Å². The number of anilines is 1. The third-order valence-corrected chi connectivity index (χ3v) is 3.29. The lowest BCUT2D eigenvalue weighted by molar-refractivity contribution is -0.119. The first-order valence-electron chi connectivity index (χ1n) is 6.49. The first-order valence-corrected chi connectivity index (χ1v) is 6.49. The van der Waals surface area contributed by atoms with Gasteiger partial charge < -0.3 is 15.8 Å². The number of para-hydroxylation sites is 2. The number of benzene rings is 1. The van der Waals surface area contributed by atoms with Gasteiger partial charge in [0.15, 0.2) is 0 Å². The van der Waals surface area contributed by atoms with Gasteiger partial charge in [0.05, 0.1) is 12.3 Å². The number of nitrogens with one attached hydrogen (secondary N) is 1. The number of carbonyl (C=O) groups excluding carboxylic acids is 1. The van der Waals surface area contributed by atoms with E-state index in [1.165, 1.54) is 0 Å². The van der Waals surface area contributed by atoms with E-state index in [0.29, 0.717) is 6.61 Å². The maximum Gasteiger partial charge on any atom is 0.227 e. The van der Waals surface area contributed by atoms with E-state index in [1.807, 2.05) is 31.2 Å². The molecule has 1 fully saturated rings. The van der Waals surface area contributed by atoms with E-state index in [0.717, 1.165) is 30.7 Å². The van der Waals surface area contributed by atoms with E-state index in [-0.39, 0.29) is 17.9 Å². The van der Waals surface area contributed by atoms with Gasteiger partial charge in [-0.2, -0.15) is 0 Å². The number of hydrogen-bond acceptors (Lipinski definition) is 3. The summed E-state index contributed by atoms with van der Waals surface area (Å²) >= 11 is 0. The van der Waals surface area contributed by atoms with E-state index >= 15 is 0 Å². The molecule has 2 rings (SSSR count). The van der Waals surface area contributed by atoms with Gasteiger partial charge in [0, 0.05) is 12.0 Å². The second-order valence-corrected chi connectivity index (χ2v) is 4.69. The Labute approximate surface area is 108 Å². The molecule has 1 amide bonds. The Balaban J connectivity index is 2.02. The molecule has 1 aliphatic rings. The van der Waals surface area contributed by atoms with Gasteiger partial charge in [-0.1, -0.05) is 12.1 Å². The molecule has 1 aromatic carbocycles. The monoisotopic (exact) mass is 248 g/mol. The SMILES string of the molecule is CCOc1ccccc1NC(=O)C1CCC(N)C1. The molecule has 0 aromatic heterocycles. The van der Waals surface area contributed by atoms with Crippen LogP contribution in [-0.2, 0) is 4.79 Å². The van der Waals surface area contributed by atoms with Crippen molar-refractivity contribution >= 4 is 11.6 Å². The van der Waals surface area contributed by atoms with Crippen LogP contribution in [0.5, 0.6) is 5.75 Å². The second-order valence-electron chi connectivity index (χ2n) is 4.69. The standard InChI is InChI=1S/C14H20N2O2/c1-2-18-13-6-4-3-5-12(13)16-14(17)10-7-8-11(15)9-10/h3-6,10-11H,2,7-9,15H2,1H3,(H,16,17). The summed E-state index contributed by atoms with van der Waals surface area (Å²) in [6.45, 7) is 2.51. The largest absolute Gasteiger partial charge is 0.492 e. The van der Waals surface area contributed by atoms with Gasteiger partial charge in [-0.05, 0) is 38.3 Å². The third-order valence-electron chi connectivity index (χ3n) is 3.29. The molecule has 4 heteroatoms. The summed E-state index contributed by atoms with van der Waals surface area (Å²) in [5.41, 5.74) is 6.57. The van der Waals surface area contributed by atoms with Crippen LogP contribution in [0.4, 0.5) is 5.69 Å². The topological polar surface area (TPSA) is 64.3 Å². The molecule has 1 aromatic rings. The lowest BCUT2D eigenvalue weighted by Gasteiger charge is -2.14. The van der Waals surface area contributed by atoms with Crippen molar-refractivity contribution in [3.63, 3.8) is 0 Å². The van der Waals surface area contributed by atoms with E-state index in [9.17, 15) is 4.79 Å². The van der Waals surface area contributed by atoms with E-state index in [2.05, 4.69) is 5.32 Å². The lowest BCUT2D eigenvalue weighted by atomic mass is 10.1. The average Bonchev–Trinajstić information content (AvgIpc) is 2.79. The van der Waals surface area contributed by atoms with Crippen LogP contribution < -0.4 is 15.8 Å². The average molecular weight is 248 g/mol. The molecule has 0 bridgehead atoms. The van der Waals surface area contributed by atoms with Crippen LogP contribution in [0.15, 0.2) is 24.3 Å². The van der Waals surface area contributed by atoms with Gasteiger partial charge in [-0.25, -0.2) is 0 Å². The van der Waals surface area contributed by atoms with Crippen molar-refractivity contribution in [2.45, 2.75) is 32.2 Å². The van der Waals surface area contributed by atoms with Crippen molar-refractivity contribution in [2.24, 2.45) is 11.7 Å². The molecule has 2 unspecified atom stereocenters. The minimum absolute atomic E-state index is 0.0367. The summed E-state index contributed by atoms with van der Waals surface area (Å²) in [5, 5.41) is 2.94. The molecule has 0 heterocycles. The van der Waals surface area contributed by atoms with Crippen molar-refractivity contribution in [3.8, 4) is 5.75 Å². The maximum atomic E-state index is 12.1. The Morgan fingerprint density at radius 1 is 1.44 bits per heavy atom. The number of nitrogens with two attached hydrogens (primary N) is 1. The summed E-state index contributed by atoms with van der Waals surface area (Å²) in [7, 11) is 0. The molecule has 98 valence electrons. The molecule has 0 radical (unpaired) electrons.